The summed E-state index contributed by atoms with van der Waals surface area (Å²) in [4.78, 5) is 43.9. The maximum Gasteiger partial charge on any atom is 0.246 e. The van der Waals surface area contributed by atoms with Crippen molar-refractivity contribution in [2.75, 3.05) is 20.1 Å². The average molecular weight is 548 g/mol. The summed E-state index contributed by atoms with van der Waals surface area (Å²) >= 11 is 0. The van der Waals surface area contributed by atoms with Crippen molar-refractivity contribution < 1.29 is 14.4 Å². The van der Waals surface area contributed by atoms with Gasteiger partial charge in [0.15, 0.2) is 0 Å². The quantitative estimate of drug-likeness (QED) is 0.240. The van der Waals surface area contributed by atoms with Gasteiger partial charge in [0, 0.05) is 40.0 Å². The lowest BCUT2D eigenvalue weighted by Crippen LogP contribution is -2.63. The third kappa shape index (κ3) is 8.42. The molecule has 1 heterocycles. The van der Waals surface area contributed by atoms with Gasteiger partial charge in [0.2, 0.25) is 17.7 Å². The van der Waals surface area contributed by atoms with Crippen LogP contribution in [0.2, 0.25) is 0 Å². The van der Waals surface area contributed by atoms with E-state index in [4.69, 9.17) is 0 Å². The number of benzene rings is 2. The molecular weight excluding hydrogens is 498 g/mol. The van der Waals surface area contributed by atoms with Crippen molar-refractivity contribution in [1.82, 2.24) is 14.7 Å². The molecule has 218 valence electrons. The first kappa shape index (κ1) is 31.4. The minimum atomic E-state index is -0.473. The van der Waals surface area contributed by atoms with Crippen LogP contribution >= 0.6 is 0 Å². The minimum Gasteiger partial charge on any atom is -0.339 e. The van der Waals surface area contributed by atoms with Crippen LogP contribution in [0, 0.1) is 0 Å². The highest BCUT2D eigenvalue weighted by molar-refractivity contribution is 5.96. The SMILES string of the molecule is CCCCCCCCN1C(=O)C(Cc2ccc(-c3cccc(CN(CCCC)C(C)=O)c3)cc2)N(C)C(=O)[C@@H]1C. The highest BCUT2D eigenvalue weighted by Crippen LogP contribution is 2.25. The van der Waals surface area contributed by atoms with E-state index in [0.29, 0.717) is 19.5 Å². The number of hydrogen-bond acceptors (Lipinski definition) is 3. The zero-order valence-corrected chi connectivity index (χ0v) is 25.3. The summed E-state index contributed by atoms with van der Waals surface area (Å²) in [5, 5.41) is 0. The van der Waals surface area contributed by atoms with Crippen LogP contribution in [0.25, 0.3) is 11.1 Å². The second kappa shape index (κ2) is 15.6. The number of carbonyl (C=O) groups is 3. The topological polar surface area (TPSA) is 60.9 Å². The molecule has 1 aliphatic rings. The van der Waals surface area contributed by atoms with Gasteiger partial charge in [-0.2, -0.15) is 0 Å². The van der Waals surface area contributed by atoms with E-state index in [2.05, 4.69) is 56.3 Å². The minimum absolute atomic E-state index is 0.0163. The molecule has 1 saturated heterocycles. The summed E-state index contributed by atoms with van der Waals surface area (Å²) in [6.45, 7) is 9.87. The molecule has 0 aromatic heterocycles. The summed E-state index contributed by atoms with van der Waals surface area (Å²) in [6.07, 6.45) is 9.50. The number of likely N-dealkylation sites (N-methyl/N-ethyl adjacent to an activating group) is 1. The van der Waals surface area contributed by atoms with Crippen LogP contribution in [0.15, 0.2) is 48.5 Å². The summed E-state index contributed by atoms with van der Waals surface area (Å²) in [6, 6.07) is 15.8. The highest BCUT2D eigenvalue weighted by Gasteiger charge is 2.41. The predicted octanol–water partition coefficient (Wildman–Crippen LogP) is 6.46. The zero-order valence-electron chi connectivity index (χ0n) is 25.3. The first-order valence-electron chi connectivity index (χ1n) is 15.3. The van der Waals surface area contributed by atoms with Crippen LogP contribution in [0.5, 0.6) is 0 Å². The molecule has 6 heteroatoms. The van der Waals surface area contributed by atoms with Crippen LogP contribution < -0.4 is 0 Å². The van der Waals surface area contributed by atoms with E-state index in [1.54, 1.807) is 23.8 Å². The highest BCUT2D eigenvalue weighted by atomic mass is 16.2. The van der Waals surface area contributed by atoms with Crippen molar-refractivity contribution in [3.8, 4) is 11.1 Å². The molecule has 0 spiro atoms. The molecular formula is C34H49N3O3. The monoisotopic (exact) mass is 547 g/mol. The third-order valence-electron chi connectivity index (χ3n) is 8.20. The van der Waals surface area contributed by atoms with Gasteiger partial charge in [0.1, 0.15) is 12.1 Å². The molecule has 2 atom stereocenters. The van der Waals surface area contributed by atoms with E-state index in [1.807, 2.05) is 17.9 Å². The van der Waals surface area contributed by atoms with Gasteiger partial charge < -0.3 is 14.7 Å². The largest absolute Gasteiger partial charge is 0.339 e. The number of rotatable bonds is 15. The molecule has 0 bridgehead atoms. The molecule has 0 N–H and O–H groups in total. The van der Waals surface area contributed by atoms with Crippen LogP contribution in [0.4, 0.5) is 0 Å². The number of amides is 3. The van der Waals surface area contributed by atoms with Gasteiger partial charge in [-0.05, 0) is 48.1 Å². The lowest BCUT2D eigenvalue weighted by atomic mass is 9.96. The van der Waals surface area contributed by atoms with Gasteiger partial charge in [-0.15, -0.1) is 0 Å². The molecule has 0 saturated carbocycles. The summed E-state index contributed by atoms with van der Waals surface area (Å²) in [7, 11) is 1.76. The molecule has 6 nitrogen and oxygen atoms in total. The van der Waals surface area contributed by atoms with E-state index >= 15 is 0 Å². The fourth-order valence-corrected chi connectivity index (χ4v) is 5.54. The fourth-order valence-electron chi connectivity index (χ4n) is 5.54. The van der Waals surface area contributed by atoms with Crippen molar-refractivity contribution in [3.05, 3.63) is 59.7 Å². The first-order chi connectivity index (χ1) is 19.3. The van der Waals surface area contributed by atoms with E-state index < -0.39 is 12.1 Å². The normalized spacial score (nSPS) is 17.4. The second-order valence-corrected chi connectivity index (χ2v) is 11.3. The van der Waals surface area contributed by atoms with E-state index in [0.717, 1.165) is 54.5 Å². The Kier molecular flexibility index (Phi) is 12.2. The summed E-state index contributed by atoms with van der Waals surface area (Å²) in [5.74, 6) is 0.171. The van der Waals surface area contributed by atoms with Gasteiger partial charge in [0.05, 0.1) is 0 Å². The maximum absolute atomic E-state index is 13.5. The van der Waals surface area contributed by atoms with E-state index in [1.165, 1.54) is 25.7 Å². The fraction of sp³-hybridized carbons (Fsp3) is 0.559. The lowest BCUT2D eigenvalue weighted by molar-refractivity contribution is -0.159. The van der Waals surface area contributed by atoms with Gasteiger partial charge in [-0.25, -0.2) is 0 Å². The predicted molar refractivity (Wildman–Crippen MR) is 163 cm³/mol. The van der Waals surface area contributed by atoms with Crippen LogP contribution in [-0.2, 0) is 27.3 Å². The van der Waals surface area contributed by atoms with Crippen molar-refractivity contribution >= 4 is 17.7 Å². The molecule has 3 rings (SSSR count). The number of piperazine rings is 1. The van der Waals surface area contributed by atoms with Gasteiger partial charge in [0.25, 0.3) is 0 Å². The Hall–Kier alpha value is -3.15. The maximum atomic E-state index is 13.5. The second-order valence-electron chi connectivity index (χ2n) is 11.3. The lowest BCUT2D eigenvalue weighted by Gasteiger charge is -2.42. The van der Waals surface area contributed by atoms with Crippen molar-refractivity contribution in [1.29, 1.82) is 0 Å². The Labute approximate surface area is 241 Å². The molecule has 1 fully saturated rings. The van der Waals surface area contributed by atoms with Crippen LogP contribution in [0.1, 0.15) is 90.2 Å². The number of carbonyl (C=O) groups excluding carboxylic acids is 3. The molecule has 3 amide bonds. The molecule has 0 radical (unpaired) electrons. The molecule has 1 aliphatic heterocycles. The van der Waals surface area contributed by atoms with Gasteiger partial charge in [-0.1, -0.05) is 94.8 Å². The zero-order chi connectivity index (χ0) is 29.1. The van der Waals surface area contributed by atoms with Crippen molar-refractivity contribution in [2.45, 2.75) is 104 Å². The Morgan fingerprint density at radius 2 is 1.50 bits per heavy atom. The molecule has 2 aromatic carbocycles. The molecule has 2 aromatic rings. The summed E-state index contributed by atoms with van der Waals surface area (Å²) < 4.78 is 0. The Morgan fingerprint density at radius 1 is 0.825 bits per heavy atom. The Bertz CT molecular complexity index is 1110. The van der Waals surface area contributed by atoms with Crippen LogP contribution in [0.3, 0.4) is 0 Å². The van der Waals surface area contributed by atoms with Gasteiger partial charge in [-0.3, -0.25) is 14.4 Å². The Balaban J connectivity index is 1.66. The van der Waals surface area contributed by atoms with E-state index in [-0.39, 0.29) is 17.7 Å². The average Bonchev–Trinajstić information content (AvgIpc) is 2.96. The first-order valence-corrected chi connectivity index (χ1v) is 15.3. The number of nitrogens with zero attached hydrogens (tertiary/aromatic N) is 3. The number of unbranched alkanes of at least 4 members (excludes halogenated alkanes) is 6. The third-order valence-corrected chi connectivity index (χ3v) is 8.20. The van der Waals surface area contributed by atoms with E-state index in [9.17, 15) is 14.4 Å². The smallest absolute Gasteiger partial charge is 0.246 e. The molecule has 40 heavy (non-hydrogen) atoms. The van der Waals surface area contributed by atoms with Crippen molar-refractivity contribution in [3.63, 3.8) is 0 Å². The molecule has 0 aliphatic carbocycles. The Morgan fingerprint density at radius 3 is 2.17 bits per heavy atom. The number of hydrogen-bond donors (Lipinski definition) is 0. The van der Waals surface area contributed by atoms with Gasteiger partial charge >= 0.3 is 0 Å². The molecule has 1 unspecified atom stereocenters. The standard InChI is InChI=1S/C34H49N3O3/c1-6-8-10-11-12-13-22-37-26(3)33(39)35(5)32(34(37)40)24-28-17-19-30(20-18-28)31-16-14-15-29(23-31)25-36(27(4)38)21-9-7-2/h14-20,23,26,32H,6-13,21-22,24-25H2,1-5H3/t26-,32?/m0/s1. The van der Waals surface area contributed by atoms with Crippen molar-refractivity contribution in [2.24, 2.45) is 0 Å². The summed E-state index contributed by atoms with van der Waals surface area (Å²) in [5.41, 5.74) is 4.34. The van der Waals surface area contributed by atoms with Crippen LogP contribution in [-0.4, -0.2) is 64.6 Å².